The Bertz CT molecular complexity index is 1810. The van der Waals surface area contributed by atoms with Crippen molar-refractivity contribution in [3.05, 3.63) is 111 Å². The summed E-state index contributed by atoms with van der Waals surface area (Å²) in [6, 6.07) is 14.3. The van der Waals surface area contributed by atoms with E-state index in [1.807, 2.05) is 30.3 Å². The number of fused-ring (bicyclic) bond motifs is 1. The molecule has 0 amide bonds. The molecular weight excluding hydrogens is 490 g/mol. The fourth-order valence-corrected chi connectivity index (χ4v) is 7.12. The second-order valence-corrected chi connectivity index (χ2v) is 11.7. The van der Waals surface area contributed by atoms with Crippen LogP contribution in [0.2, 0.25) is 0 Å². The fraction of sp³-hybridized carbons (Fsp3) is 0.214. The van der Waals surface area contributed by atoms with Crippen LogP contribution in [-0.4, -0.2) is 38.4 Å². The highest BCUT2D eigenvalue weighted by Gasteiger charge is 2.49. The van der Waals surface area contributed by atoms with Gasteiger partial charge in [0.25, 0.3) is 11.1 Å². The van der Waals surface area contributed by atoms with Crippen LogP contribution in [0, 0.1) is 5.92 Å². The van der Waals surface area contributed by atoms with Crippen LogP contribution in [0.25, 0.3) is 27.6 Å². The normalized spacial score (nSPS) is 20.1. The number of nitrogens with one attached hydrogen (secondary N) is 1. The molecule has 2 atom stereocenters. The molecule has 9 heteroatoms. The number of hydrogen-bond acceptors (Lipinski definition) is 5. The summed E-state index contributed by atoms with van der Waals surface area (Å²) in [5.41, 5.74) is 2.80. The van der Waals surface area contributed by atoms with Gasteiger partial charge in [-0.15, -0.1) is 0 Å². The lowest BCUT2D eigenvalue weighted by Gasteiger charge is -2.39. The molecule has 0 radical (unpaired) electrons. The van der Waals surface area contributed by atoms with E-state index in [0.29, 0.717) is 22.1 Å². The number of benzene rings is 1. The lowest BCUT2D eigenvalue weighted by atomic mass is 9.79. The highest BCUT2D eigenvalue weighted by Crippen LogP contribution is 2.44. The first-order valence-corrected chi connectivity index (χ1v) is 13.3. The Morgan fingerprint density at radius 3 is 2.51 bits per heavy atom. The van der Waals surface area contributed by atoms with Gasteiger partial charge in [-0.2, -0.15) is 0 Å². The summed E-state index contributed by atoms with van der Waals surface area (Å²) in [5, 5.41) is 10.9. The largest absolute Gasteiger partial charge is 0.396 e. The van der Waals surface area contributed by atoms with Crippen molar-refractivity contribution in [1.29, 1.82) is 0 Å². The number of aryl methyl sites for hydroxylation is 1. The molecule has 1 aliphatic rings. The van der Waals surface area contributed by atoms with Crippen molar-refractivity contribution in [2.75, 3.05) is 6.61 Å². The van der Waals surface area contributed by atoms with E-state index in [1.54, 1.807) is 51.4 Å². The maximum absolute atomic E-state index is 14.1. The Balaban J connectivity index is 1.69. The first kappa shape index (κ1) is 24.7. The van der Waals surface area contributed by atoms with Crippen molar-refractivity contribution in [2.45, 2.75) is 18.6 Å². The molecular formula is C28H27N3O5S. The number of nitrogens with zero attached hydrogens (tertiary/aromatic N) is 2. The number of pyridine rings is 2. The van der Waals surface area contributed by atoms with Crippen molar-refractivity contribution in [3.8, 4) is 11.1 Å². The second kappa shape index (κ2) is 8.86. The molecule has 4 aromatic rings. The van der Waals surface area contributed by atoms with E-state index in [0.717, 1.165) is 15.1 Å². The number of hydrogen-bond donors (Lipinski definition) is 2. The summed E-state index contributed by atoms with van der Waals surface area (Å²) in [6.07, 6.45) is 8.06. The minimum Gasteiger partial charge on any atom is -0.396 e. The topological polar surface area (TPSA) is 114 Å². The van der Waals surface area contributed by atoms with E-state index in [2.05, 4.69) is 4.98 Å². The van der Waals surface area contributed by atoms with Crippen molar-refractivity contribution >= 4 is 26.5 Å². The van der Waals surface area contributed by atoms with Crippen molar-refractivity contribution in [1.82, 2.24) is 13.5 Å². The number of aliphatic hydroxyl groups excluding tert-OH is 1. The molecule has 2 N–H and O–H groups in total. The van der Waals surface area contributed by atoms with Crippen LogP contribution in [-0.2, 0) is 17.1 Å². The quantitative estimate of drug-likeness (QED) is 0.422. The number of aliphatic hydroxyl groups is 1. The van der Waals surface area contributed by atoms with Crippen LogP contribution in [0.1, 0.15) is 19.4 Å². The van der Waals surface area contributed by atoms with Gasteiger partial charge in [-0.25, -0.2) is 12.4 Å². The van der Waals surface area contributed by atoms with Crippen LogP contribution in [0.4, 0.5) is 0 Å². The first-order valence-electron chi connectivity index (χ1n) is 11.8. The maximum atomic E-state index is 14.1. The van der Waals surface area contributed by atoms with Crippen molar-refractivity contribution < 1.29 is 13.5 Å². The minimum atomic E-state index is -4.20. The standard InChI is InChI=1S/C28H27N3O5S/c1-18-13-21(23-15-25(33)30(3)16-24(23)19-7-5-4-6-8-19)14-22(17-32)28(18,2)37(35,36)31-12-10-20-9-11-29-27(34)26(20)31/h4-16,22,32H,17H2,1-3H3,(H,29,34). The number of aromatic amines is 1. The summed E-state index contributed by atoms with van der Waals surface area (Å²) in [7, 11) is -2.52. The van der Waals surface area contributed by atoms with E-state index < -0.39 is 32.9 Å². The first-order chi connectivity index (χ1) is 17.6. The van der Waals surface area contributed by atoms with Gasteiger partial charge in [-0.3, -0.25) is 9.59 Å². The molecule has 3 aromatic heterocycles. The van der Waals surface area contributed by atoms with Crippen LogP contribution >= 0.6 is 0 Å². The molecule has 0 bridgehead atoms. The monoisotopic (exact) mass is 517 g/mol. The second-order valence-electron chi connectivity index (χ2n) is 9.49. The number of allylic oxidation sites excluding steroid dienone is 2. The van der Waals surface area contributed by atoms with Crippen molar-refractivity contribution in [2.24, 2.45) is 13.0 Å². The van der Waals surface area contributed by atoms with Gasteiger partial charge in [0, 0.05) is 48.6 Å². The van der Waals surface area contributed by atoms with E-state index >= 15 is 0 Å². The molecule has 8 nitrogen and oxygen atoms in total. The van der Waals surface area contributed by atoms with E-state index in [1.165, 1.54) is 23.0 Å². The fourth-order valence-electron chi connectivity index (χ4n) is 5.07. The molecule has 190 valence electrons. The molecule has 37 heavy (non-hydrogen) atoms. The average molecular weight is 518 g/mol. The van der Waals surface area contributed by atoms with Crippen LogP contribution in [0.15, 0.2) is 94.4 Å². The van der Waals surface area contributed by atoms with Crippen molar-refractivity contribution in [3.63, 3.8) is 0 Å². The lowest BCUT2D eigenvalue weighted by Crippen LogP contribution is -2.49. The minimum absolute atomic E-state index is 0.0286. The third-order valence-corrected chi connectivity index (χ3v) is 9.95. The summed E-state index contributed by atoms with van der Waals surface area (Å²) in [4.78, 5) is 27.7. The average Bonchev–Trinajstić information content (AvgIpc) is 3.34. The molecule has 1 aromatic carbocycles. The maximum Gasteiger partial charge on any atom is 0.273 e. The molecule has 0 spiro atoms. The third kappa shape index (κ3) is 3.73. The van der Waals surface area contributed by atoms with Gasteiger partial charge in [0.15, 0.2) is 0 Å². The van der Waals surface area contributed by atoms with Gasteiger partial charge in [-0.1, -0.05) is 42.5 Å². The molecule has 3 heterocycles. The Hall–Kier alpha value is -3.95. The lowest BCUT2D eigenvalue weighted by molar-refractivity contribution is 0.231. The predicted octanol–water partition coefficient (Wildman–Crippen LogP) is 3.28. The molecule has 1 aliphatic carbocycles. The zero-order valence-corrected chi connectivity index (χ0v) is 21.5. The smallest absolute Gasteiger partial charge is 0.273 e. The zero-order chi connectivity index (χ0) is 26.5. The Kier molecular flexibility index (Phi) is 5.92. The summed E-state index contributed by atoms with van der Waals surface area (Å²) in [5.74, 6) is -0.842. The van der Waals surface area contributed by atoms with E-state index in [-0.39, 0.29) is 11.1 Å². The molecule has 2 unspecified atom stereocenters. The summed E-state index contributed by atoms with van der Waals surface area (Å²) >= 11 is 0. The Morgan fingerprint density at radius 1 is 1.08 bits per heavy atom. The van der Waals surface area contributed by atoms with Crippen LogP contribution in [0.5, 0.6) is 0 Å². The van der Waals surface area contributed by atoms with Crippen LogP contribution < -0.4 is 11.1 Å². The van der Waals surface area contributed by atoms with Gasteiger partial charge < -0.3 is 14.7 Å². The molecule has 0 saturated carbocycles. The van der Waals surface area contributed by atoms with Gasteiger partial charge in [0.2, 0.25) is 10.0 Å². The zero-order valence-electron chi connectivity index (χ0n) is 20.7. The summed E-state index contributed by atoms with van der Waals surface area (Å²) < 4.78 is 29.2. The molecule has 5 rings (SSSR count). The summed E-state index contributed by atoms with van der Waals surface area (Å²) in [6.45, 7) is 2.81. The van der Waals surface area contributed by atoms with Gasteiger partial charge in [0.1, 0.15) is 10.3 Å². The van der Waals surface area contributed by atoms with Gasteiger partial charge in [0.05, 0.1) is 6.61 Å². The number of rotatable bonds is 5. The molecule has 0 aliphatic heterocycles. The molecule has 0 saturated heterocycles. The highest BCUT2D eigenvalue weighted by atomic mass is 32.2. The number of aromatic nitrogens is 3. The van der Waals surface area contributed by atoms with Gasteiger partial charge in [-0.05, 0) is 48.3 Å². The van der Waals surface area contributed by atoms with E-state index in [4.69, 9.17) is 0 Å². The van der Waals surface area contributed by atoms with Crippen LogP contribution in [0.3, 0.4) is 0 Å². The van der Waals surface area contributed by atoms with E-state index in [9.17, 15) is 23.1 Å². The Morgan fingerprint density at radius 2 is 1.81 bits per heavy atom. The SMILES string of the molecule is CC1=CC(c2cc(=O)n(C)cc2-c2ccccc2)=CC(CO)C1(C)S(=O)(=O)n1ccc2cc[nH]c(=O)c21. The Labute approximate surface area is 213 Å². The molecule has 0 fully saturated rings. The predicted molar refractivity (Wildman–Crippen MR) is 145 cm³/mol. The number of H-pyrrole nitrogens is 1. The third-order valence-electron chi connectivity index (χ3n) is 7.43. The highest BCUT2D eigenvalue weighted by molar-refractivity contribution is 7.91. The van der Waals surface area contributed by atoms with Gasteiger partial charge >= 0.3 is 0 Å².